The Bertz CT molecular complexity index is 524. The van der Waals surface area contributed by atoms with Gasteiger partial charge in [-0.05, 0) is 44.2 Å². The van der Waals surface area contributed by atoms with E-state index in [2.05, 4.69) is 41.2 Å². The van der Waals surface area contributed by atoms with Gasteiger partial charge in [0.2, 0.25) is 0 Å². The third-order valence-corrected chi connectivity index (χ3v) is 5.51. The van der Waals surface area contributed by atoms with Crippen LogP contribution in [0.3, 0.4) is 0 Å². The number of nitrogens with zero attached hydrogens (tertiary/aromatic N) is 3. The summed E-state index contributed by atoms with van der Waals surface area (Å²) in [6.07, 6.45) is 6.20. The minimum absolute atomic E-state index is 0.565. The Hall–Kier alpha value is -1.29. The van der Waals surface area contributed by atoms with Crippen LogP contribution < -0.4 is 10.2 Å². The number of hydrogen-bond donors (Lipinski definition) is 1. The van der Waals surface area contributed by atoms with Crippen molar-refractivity contribution in [2.75, 3.05) is 36.4 Å². The van der Waals surface area contributed by atoms with Crippen LogP contribution in [0.4, 0.5) is 11.5 Å². The first kappa shape index (κ1) is 13.4. The van der Waals surface area contributed by atoms with Gasteiger partial charge in [-0.1, -0.05) is 6.42 Å². The van der Waals surface area contributed by atoms with E-state index in [1.54, 1.807) is 0 Å². The average Bonchev–Trinajstić information content (AvgIpc) is 2.44. The van der Waals surface area contributed by atoms with Gasteiger partial charge in [0.05, 0.1) is 11.7 Å². The Labute approximate surface area is 127 Å². The van der Waals surface area contributed by atoms with Gasteiger partial charge >= 0.3 is 0 Å². The van der Waals surface area contributed by atoms with Gasteiger partial charge in [-0.3, -0.25) is 4.90 Å². The molecule has 0 spiro atoms. The number of aromatic nitrogens is 1. The summed E-state index contributed by atoms with van der Waals surface area (Å²) >= 11 is 0. The van der Waals surface area contributed by atoms with Gasteiger partial charge < -0.3 is 10.2 Å². The summed E-state index contributed by atoms with van der Waals surface area (Å²) in [7, 11) is 0. The van der Waals surface area contributed by atoms with E-state index in [-0.39, 0.29) is 0 Å². The molecule has 21 heavy (non-hydrogen) atoms. The highest BCUT2D eigenvalue weighted by molar-refractivity contribution is 5.70. The fraction of sp³-hybridized carbons (Fsp3) is 0.706. The van der Waals surface area contributed by atoms with Crippen LogP contribution in [0.1, 0.15) is 44.6 Å². The quantitative estimate of drug-likeness (QED) is 0.906. The lowest BCUT2D eigenvalue weighted by molar-refractivity contribution is 0.182. The Morgan fingerprint density at radius 3 is 2.86 bits per heavy atom. The molecular formula is C17H26N4. The van der Waals surface area contributed by atoms with Crippen LogP contribution in [-0.2, 0) is 0 Å². The number of hydrogen-bond acceptors (Lipinski definition) is 4. The summed E-state index contributed by atoms with van der Waals surface area (Å²) in [6, 6.07) is 3.57. The van der Waals surface area contributed by atoms with Crippen molar-refractivity contribution in [2.24, 2.45) is 0 Å². The molecule has 2 fully saturated rings. The lowest BCUT2D eigenvalue weighted by Gasteiger charge is -2.46. The summed E-state index contributed by atoms with van der Waals surface area (Å²) in [6.45, 7) is 9.04. The van der Waals surface area contributed by atoms with E-state index in [9.17, 15) is 0 Å². The molecule has 114 valence electrons. The second kappa shape index (κ2) is 5.16. The Kier molecular flexibility index (Phi) is 3.29. The maximum atomic E-state index is 4.82. The smallest absolute Gasteiger partial charge is 0.152 e. The molecule has 1 aromatic heterocycles. The molecule has 3 aliphatic rings. The van der Waals surface area contributed by atoms with Crippen molar-refractivity contribution >= 4 is 11.5 Å². The number of piperazine rings is 1. The van der Waals surface area contributed by atoms with Crippen molar-refractivity contribution in [1.29, 1.82) is 0 Å². The first-order valence-electron chi connectivity index (χ1n) is 8.47. The predicted molar refractivity (Wildman–Crippen MR) is 87.2 cm³/mol. The minimum Gasteiger partial charge on any atom is -0.380 e. The molecule has 0 aromatic carbocycles. The molecule has 3 heterocycles. The van der Waals surface area contributed by atoms with E-state index >= 15 is 0 Å². The zero-order valence-electron chi connectivity index (χ0n) is 13.2. The monoisotopic (exact) mass is 286 g/mol. The highest BCUT2D eigenvalue weighted by atomic mass is 15.3. The summed E-state index contributed by atoms with van der Waals surface area (Å²) in [5.41, 5.74) is 2.69. The first-order valence-corrected chi connectivity index (χ1v) is 8.47. The first-order chi connectivity index (χ1) is 10.2. The van der Waals surface area contributed by atoms with Crippen molar-refractivity contribution in [2.45, 2.75) is 51.1 Å². The molecule has 1 N–H and O–H groups in total. The maximum absolute atomic E-state index is 4.82. The fourth-order valence-corrected chi connectivity index (χ4v) is 3.83. The highest BCUT2D eigenvalue weighted by Gasteiger charge is 2.33. The molecule has 0 unspecified atom stereocenters. The average molecular weight is 286 g/mol. The number of nitrogens with one attached hydrogen (secondary N) is 1. The van der Waals surface area contributed by atoms with Crippen LogP contribution in [-0.4, -0.2) is 48.1 Å². The Balaban J connectivity index is 1.56. The van der Waals surface area contributed by atoms with Crippen LogP contribution in [0.25, 0.3) is 0 Å². The Morgan fingerprint density at radius 2 is 2.14 bits per heavy atom. The van der Waals surface area contributed by atoms with Gasteiger partial charge in [0.25, 0.3) is 0 Å². The molecule has 1 saturated heterocycles. The molecule has 0 bridgehead atoms. The standard InChI is InChI=1S/C17H26N4/c1-12(2)20-6-7-21-15(11-20)10-18-16-8-14(9-19-17(16)21)13-4-3-5-13/h8-9,12-13,15,18H,3-7,10-11H2,1-2H3/t15-/m1/s1. The third kappa shape index (κ3) is 2.30. The molecule has 1 aromatic rings. The molecule has 0 amide bonds. The third-order valence-electron chi connectivity index (χ3n) is 5.51. The van der Waals surface area contributed by atoms with Gasteiger partial charge in [0.15, 0.2) is 5.82 Å². The zero-order chi connectivity index (χ0) is 14.4. The molecule has 1 saturated carbocycles. The second-order valence-corrected chi connectivity index (χ2v) is 7.08. The number of pyridine rings is 1. The lowest BCUT2D eigenvalue weighted by atomic mass is 9.80. The van der Waals surface area contributed by atoms with Gasteiger partial charge in [-0.2, -0.15) is 0 Å². The molecule has 4 nitrogen and oxygen atoms in total. The number of anilines is 2. The predicted octanol–water partition coefficient (Wildman–Crippen LogP) is 2.67. The maximum Gasteiger partial charge on any atom is 0.152 e. The van der Waals surface area contributed by atoms with Gasteiger partial charge in [0, 0.05) is 38.4 Å². The van der Waals surface area contributed by atoms with Crippen LogP contribution in [0, 0.1) is 0 Å². The van der Waals surface area contributed by atoms with E-state index in [0.29, 0.717) is 12.1 Å². The largest absolute Gasteiger partial charge is 0.380 e. The molecule has 4 rings (SSSR count). The van der Waals surface area contributed by atoms with Crippen molar-refractivity contribution in [3.63, 3.8) is 0 Å². The lowest BCUT2D eigenvalue weighted by Crippen LogP contribution is -2.59. The number of rotatable bonds is 2. The van der Waals surface area contributed by atoms with Crippen molar-refractivity contribution in [3.8, 4) is 0 Å². The van der Waals surface area contributed by atoms with Crippen molar-refractivity contribution in [1.82, 2.24) is 9.88 Å². The zero-order valence-corrected chi connectivity index (χ0v) is 13.2. The minimum atomic E-state index is 0.565. The van der Waals surface area contributed by atoms with E-state index in [0.717, 1.165) is 32.1 Å². The van der Waals surface area contributed by atoms with E-state index < -0.39 is 0 Å². The molecule has 2 aliphatic heterocycles. The van der Waals surface area contributed by atoms with E-state index in [4.69, 9.17) is 4.98 Å². The topological polar surface area (TPSA) is 31.4 Å². The summed E-state index contributed by atoms with van der Waals surface area (Å²) < 4.78 is 0. The molecule has 1 atom stereocenters. The van der Waals surface area contributed by atoms with Crippen LogP contribution >= 0.6 is 0 Å². The normalized spacial score (nSPS) is 26.0. The molecule has 1 aliphatic carbocycles. The SMILES string of the molecule is CC(C)N1CCN2c3ncc(C4CCC4)cc3NC[C@@H]2C1. The van der Waals surface area contributed by atoms with E-state index in [1.807, 2.05) is 0 Å². The summed E-state index contributed by atoms with van der Waals surface area (Å²) in [5, 5.41) is 3.63. The van der Waals surface area contributed by atoms with Gasteiger partial charge in [-0.15, -0.1) is 0 Å². The second-order valence-electron chi connectivity index (χ2n) is 7.08. The van der Waals surface area contributed by atoms with Gasteiger partial charge in [0.1, 0.15) is 0 Å². The Morgan fingerprint density at radius 1 is 1.29 bits per heavy atom. The van der Waals surface area contributed by atoms with Crippen LogP contribution in [0.5, 0.6) is 0 Å². The van der Waals surface area contributed by atoms with Crippen molar-refractivity contribution in [3.05, 3.63) is 17.8 Å². The van der Waals surface area contributed by atoms with Gasteiger partial charge in [-0.25, -0.2) is 4.98 Å². The molecule has 0 radical (unpaired) electrons. The molecular weight excluding hydrogens is 260 g/mol. The van der Waals surface area contributed by atoms with Crippen molar-refractivity contribution < 1.29 is 0 Å². The van der Waals surface area contributed by atoms with Crippen LogP contribution in [0.15, 0.2) is 12.3 Å². The summed E-state index contributed by atoms with van der Waals surface area (Å²) in [5.74, 6) is 1.94. The highest BCUT2D eigenvalue weighted by Crippen LogP contribution is 2.39. The molecule has 4 heteroatoms. The fourth-order valence-electron chi connectivity index (χ4n) is 3.83. The summed E-state index contributed by atoms with van der Waals surface area (Å²) in [4.78, 5) is 9.92. The van der Waals surface area contributed by atoms with E-state index in [1.165, 1.54) is 36.3 Å². The number of fused-ring (bicyclic) bond motifs is 3. The van der Waals surface area contributed by atoms with Crippen LogP contribution in [0.2, 0.25) is 0 Å².